The number of rotatable bonds is 19. The predicted octanol–water partition coefficient (Wildman–Crippen LogP) is 10.3. The fraction of sp³-hybridized carbons (Fsp3) is 0.463. The van der Waals surface area contributed by atoms with Gasteiger partial charge in [-0.05, 0) is 114 Å². The number of aromatic nitrogens is 1. The number of imide groups is 1. The molecule has 0 radical (unpaired) electrons. The quantitative estimate of drug-likeness (QED) is 0.0131. The van der Waals surface area contributed by atoms with Crippen LogP contribution in [0.5, 0.6) is 0 Å². The second-order valence-electron chi connectivity index (χ2n) is 15.7. The summed E-state index contributed by atoms with van der Waals surface area (Å²) in [6.07, 6.45) is 7.96. The number of halogens is 1. The monoisotopic (exact) mass is 970 g/mol. The van der Waals surface area contributed by atoms with Crippen molar-refractivity contribution in [3.8, 4) is 0 Å². The highest BCUT2D eigenvalue weighted by molar-refractivity contribution is 6.06. The summed E-state index contributed by atoms with van der Waals surface area (Å²) in [5, 5.41) is 11.7. The molecule has 384 valence electrons. The molecule has 0 bridgehead atoms. The van der Waals surface area contributed by atoms with E-state index in [0.717, 1.165) is 29.1 Å². The summed E-state index contributed by atoms with van der Waals surface area (Å²) in [6, 6.07) is 15.5. The first-order valence-electron chi connectivity index (χ1n) is 24.5. The highest BCUT2D eigenvalue weighted by Crippen LogP contribution is 2.33. The van der Waals surface area contributed by atoms with Gasteiger partial charge in [-0.15, -0.1) is 11.7 Å². The number of amides is 4. The third-order valence-electron chi connectivity index (χ3n) is 10.7. The van der Waals surface area contributed by atoms with Gasteiger partial charge >= 0.3 is 0 Å². The second kappa shape index (κ2) is 33.9. The second-order valence-corrected chi connectivity index (χ2v) is 15.7. The number of pyridine rings is 1. The van der Waals surface area contributed by atoms with Crippen molar-refractivity contribution >= 4 is 52.9 Å². The Balaban J connectivity index is 0.000000577. The molecule has 1 aliphatic heterocycles. The van der Waals surface area contributed by atoms with Crippen molar-refractivity contribution in [2.24, 2.45) is 4.99 Å². The molecule has 3 aromatic rings. The van der Waals surface area contributed by atoms with Crippen LogP contribution in [0.4, 0.5) is 21.7 Å². The van der Waals surface area contributed by atoms with Gasteiger partial charge in [0.05, 0.1) is 22.9 Å². The number of piperidine rings is 1. The number of aryl methyl sites for hydroxylation is 2. The van der Waals surface area contributed by atoms with Crippen LogP contribution in [0.2, 0.25) is 0 Å². The van der Waals surface area contributed by atoms with Crippen LogP contribution in [0.15, 0.2) is 96.3 Å². The Morgan fingerprint density at radius 2 is 1.59 bits per heavy atom. The third kappa shape index (κ3) is 19.5. The molecule has 16 heteroatoms. The van der Waals surface area contributed by atoms with Crippen LogP contribution < -0.4 is 21.3 Å². The molecule has 15 nitrogen and oxygen atoms in total. The van der Waals surface area contributed by atoms with Gasteiger partial charge in [-0.25, -0.2) is 9.98 Å². The topological polar surface area (TPSA) is 178 Å². The summed E-state index contributed by atoms with van der Waals surface area (Å²) in [6.45, 7) is 32.9. The van der Waals surface area contributed by atoms with Crippen molar-refractivity contribution in [1.82, 2.24) is 25.2 Å². The van der Waals surface area contributed by atoms with Gasteiger partial charge in [0.15, 0.2) is 6.29 Å². The number of aliphatic imine (C=N–C) groups is 1. The summed E-state index contributed by atoms with van der Waals surface area (Å²) >= 11 is 0. The molecule has 2 aromatic carbocycles. The van der Waals surface area contributed by atoms with Gasteiger partial charge in [0.2, 0.25) is 0 Å². The van der Waals surface area contributed by atoms with Crippen LogP contribution >= 0.6 is 0 Å². The molecule has 0 saturated carbocycles. The van der Waals surface area contributed by atoms with Gasteiger partial charge in [-0.1, -0.05) is 89.4 Å². The number of benzene rings is 2. The van der Waals surface area contributed by atoms with Crippen LogP contribution in [-0.4, -0.2) is 109 Å². The number of amidine groups is 1. The van der Waals surface area contributed by atoms with Crippen molar-refractivity contribution in [2.45, 2.75) is 120 Å². The number of likely N-dealkylation sites (N-methyl/N-ethyl adjacent to an activating group) is 1. The summed E-state index contributed by atoms with van der Waals surface area (Å²) in [7, 11) is 3.04. The van der Waals surface area contributed by atoms with E-state index in [0.29, 0.717) is 48.0 Å². The number of nitrogens with one attached hydrogen (secondary N) is 4. The zero-order valence-electron chi connectivity index (χ0n) is 43.8. The predicted molar refractivity (Wildman–Crippen MR) is 284 cm³/mol. The SMILES string of the molecule is C=CCNC(=O)/C(=C/N=C(C)Nc1ccc(C)cc1)C(=C)Nc1ccc2c(n1)C(OC)CC2.CC.CC.CCCN(CC)CCC.CCNc1ccc(C=O)c(C(=O)N(C)C2CCC(=O)N(F)C2=O)c1. The van der Waals surface area contributed by atoms with Crippen LogP contribution in [0.3, 0.4) is 0 Å². The number of carbonyl (C=O) groups excluding carboxylic acids is 5. The minimum atomic E-state index is -1.08. The van der Waals surface area contributed by atoms with E-state index in [1.54, 1.807) is 19.3 Å². The number of carbonyl (C=O) groups is 5. The number of aldehydes is 1. The third-order valence-corrected chi connectivity index (χ3v) is 10.7. The Morgan fingerprint density at radius 1 is 0.943 bits per heavy atom. The molecule has 2 heterocycles. The Morgan fingerprint density at radius 3 is 2.16 bits per heavy atom. The molecule has 1 saturated heterocycles. The average molecular weight is 970 g/mol. The molecule has 1 aromatic heterocycles. The standard InChI is InChI=1S/C26H31N5O2.C16H18FN3O4.C8H19N.2C2H6/c1-6-15-27-26(32)22(16-28-19(4)30-21-11-7-17(2)8-12-21)18(3)29-24-14-10-20-9-13-23(33-5)25(20)31-24;1-3-18-11-5-4-10(9-21)12(8-11)15(23)19(2)13-6-7-14(22)20(17)16(13)24;1-4-7-9(6-3)8-5-2;2*1-2/h6-8,10-12,14,16,23H,1,3,9,13,15H2,2,4-5H3,(H,27,32)(H,28,30)(H,29,31);4-5,8-9,13,18H,3,6-7H2,1-2H3;4-8H2,1-3H3;2*1-2H3/b22-16+;;;;. The molecule has 1 fully saturated rings. The molecule has 70 heavy (non-hydrogen) atoms. The van der Waals surface area contributed by atoms with Crippen molar-refractivity contribution < 1.29 is 33.2 Å². The molecule has 4 N–H and O–H groups in total. The van der Waals surface area contributed by atoms with Crippen molar-refractivity contribution in [2.75, 3.05) is 62.8 Å². The lowest BCUT2D eigenvalue weighted by Crippen LogP contribution is -2.52. The van der Waals surface area contributed by atoms with Crippen molar-refractivity contribution in [1.29, 1.82) is 0 Å². The first kappa shape index (κ1) is 61.5. The number of ether oxygens (including phenoxy) is 1. The Hall–Kier alpha value is -6.52. The first-order chi connectivity index (χ1) is 33.7. The van der Waals surface area contributed by atoms with Crippen molar-refractivity contribution in [3.05, 3.63) is 119 Å². The van der Waals surface area contributed by atoms with E-state index in [1.165, 1.54) is 69.0 Å². The number of nitrogens with zero attached hydrogens (tertiary/aromatic N) is 5. The van der Waals surface area contributed by atoms with Gasteiger partial charge in [-0.2, -0.15) is 0 Å². The first-order valence-corrected chi connectivity index (χ1v) is 24.5. The van der Waals surface area contributed by atoms with Crippen LogP contribution in [-0.2, 0) is 25.5 Å². The summed E-state index contributed by atoms with van der Waals surface area (Å²) in [5.41, 5.74) is 5.82. The Kier molecular flexibility index (Phi) is 29.8. The van der Waals surface area contributed by atoms with E-state index in [-0.39, 0.29) is 36.0 Å². The fourth-order valence-corrected chi connectivity index (χ4v) is 7.16. The lowest BCUT2D eigenvalue weighted by molar-refractivity contribution is -0.169. The molecule has 1 aliphatic carbocycles. The number of anilines is 3. The molecule has 2 unspecified atom stereocenters. The number of hydrogen-bond acceptors (Lipinski definition) is 11. The van der Waals surface area contributed by atoms with E-state index in [2.05, 4.69) is 70.1 Å². The van der Waals surface area contributed by atoms with Gasteiger partial charge in [-0.3, -0.25) is 24.0 Å². The minimum Gasteiger partial charge on any atom is -0.385 e. The van der Waals surface area contributed by atoms with E-state index in [4.69, 9.17) is 4.74 Å². The normalized spacial score (nSPS) is 14.9. The van der Waals surface area contributed by atoms with Gasteiger partial charge in [0.25, 0.3) is 23.6 Å². The van der Waals surface area contributed by atoms with E-state index < -0.39 is 28.9 Å². The molecule has 4 amide bonds. The molecule has 0 spiro atoms. The van der Waals surface area contributed by atoms with Crippen LogP contribution in [0.1, 0.15) is 138 Å². The van der Waals surface area contributed by atoms with Gasteiger partial charge < -0.3 is 35.8 Å². The lowest BCUT2D eigenvalue weighted by atomic mass is 10.0. The molecule has 5 rings (SSSR count). The summed E-state index contributed by atoms with van der Waals surface area (Å²) in [5.74, 6) is -1.64. The van der Waals surface area contributed by atoms with E-state index in [1.807, 2.05) is 84.9 Å². The Labute approximate surface area is 417 Å². The number of methoxy groups -OCH3 is 1. The van der Waals surface area contributed by atoms with E-state index in [9.17, 15) is 28.5 Å². The average Bonchev–Trinajstić information content (AvgIpc) is 3.79. The fourth-order valence-electron chi connectivity index (χ4n) is 7.16. The molecule has 2 aliphatic rings. The maximum atomic E-state index is 13.5. The highest BCUT2D eigenvalue weighted by Gasteiger charge is 2.39. The molecule has 2 atom stereocenters. The Bertz CT molecular complexity index is 2210. The summed E-state index contributed by atoms with van der Waals surface area (Å²) < 4.78 is 19.0. The van der Waals surface area contributed by atoms with Gasteiger partial charge in [0.1, 0.15) is 17.7 Å². The van der Waals surface area contributed by atoms with Crippen molar-refractivity contribution in [3.63, 3.8) is 0 Å². The number of hydrogen-bond donors (Lipinski definition) is 4. The highest BCUT2D eigenvalue weighted by atomic mass is 19.2. The van der Waals surface area contributed by atoms with Crippen LogP contribution in [0, 0.1) is 6.92 Å². The molecular formula is C54H80FN9O6. The lowest BCUT2D eigenvalue weighted by Gasteiger charge is -2.31. The zero-order valence-corrected chi connectivity index (χ0v) is 43.8. The van der Waals surface area contributed by atoms with E-state index >= 15 is 0 Å². The smallest absolute Gasteiger partial charge is 0.280 e. The summed E-state index contributed by atoms with van der Waals surface area (Å²) in [4.78, 5) is 72.4. The largest absolute Gasteiger partial charge is 0.385 e. The maximum Gasteiger partial charge on any atom is 0.280 e. The van der Waals surface area contributed by atoms with Gasteiger partial charge in [0, 0.05) is 62.5 Å². The maximum absolute atomic E-state index is 13.5. The number of fused-ring (bicyclic) bond motifs is 1. The molecular weight excluding hydrogens is 890 g/mol. The van der Waals surface area contributed by atoms with Crippen LogP contribution in [0.25, 0.3) is 0 Å². The zero-order chi connectivity index (χ0) is 52.8. The minimum absolute atomic E-state index is 0.0129.